The van der Waals surface area contributed by atoms with Gasteiger partial charge in [0.2, 0.25) is 5.91 Å². The Hall–Kier alpha value is -3.40. The molecule has 2 rings (SSSR count). The number of aliphatic hydroxyl groups is 1. The van der Waals surface area contributed by atoms with Gasteiger partial charge in [-0.1, -0.05) is 0 Å². The number of aliphatic hydroxyl groups excluding tert-OH is 1. The van der Waals surface area contributed by atoms with E-state index in [0.717, 1.165) is 11.1 Å². The third-order valence-electron chi connectivity index (χ3n) is 4.10. The highest BCUT2D eigenvalue weighted by atomic mass is 17.0. The average molecular weight is 435 g/mol. The van der Waals surface area contributed by atoms with Gasteiger partial charge in [-0.3, -0.25) is 4.79 Å². The number of ether oxygens (including phenoxy) is 2. The summed E-state index contributed by atoms with van der Waals surface area (Å²) in [6, 6.07) is 5.85. The van der Waals surface area contributed by atoms with E-state index >= 15 is 0 Å². The first-order chi connectivity index (χ1) is 14.9. The maximum absolute atomic E-state index is 11.5. The number of rotatable bonds is 14. The predicted octanol–water partition coefficient (Wildman–Crippen LogP) is 0.0184. The van der Waals surface area contributed by atoms with E-state index < -0.39 is 11.2 Å². The van der Waals surface area contributed by atoms with Crippen LogP contribution in [0, 0.1) is 28.4 Å². The lowest BCUT2D eigenvalue weighted by atomic mass is 10.1. The minimum absolute atomic E-state index is 0.0357. The number of aromatic nitrogens is 1. The van der Waals surface area contributed by atoms with Crippen molar-refractivity contribution in [3.63, 3.8) is 0 Å². The fraction of sp³-hybridized carbons (Fsp3) is 0.474. The topological polar surface area (TPSA) is 172 Å². The van der Waals surface area contributed by atoms with E-state index in [1.165, 1.54) is 0 Å². The molecule has 1 heterocycles. The Morgan fingerprint density at radius 1 is 1.39 bits per heavy atom. The van der Waals surface area contributed by atoms with Gasteiger partial charge in [-0.25, -0.2) is 0 Å². The first kappa shape index (κ1) is 23.9. The molecule has 0 saturated carbocycles. The van der Waals surface area contributed by atoms with Crippen LogP contribution in [0.5, 0.6) is 5.75 Å². The van der Waals surface area contributed by atoms with Crippen LogP contribution >= 0.6 is 0 Å². The van der Waals surface area contributed by atoms with Crippen LogP contribution in [0.15, 0.2) is 18.3 Å². The molecule has 1 unspecified atom stereocenters. The van der Waals surface area contributed by atoms with E-state index in [1.807, 2.05) is 19.1 Å². The number of benzene rings is 1. The SMILES string of the molecule is Cc1cc(OCC(O)CNCCNC(=O)COCCO[N+](=O)[O-])c2c(C#N)c[nH]c2c1. The van der Waals surface area contributed by atoms with Gasteiger partial charge in [-0.15, -0.1) is 10.1 Å². The van der Waals surface area contributed by atoms with Crippen LogP contribution < -0.4 is 15.4 Å². The Morgan fingerprint density at radius 3 is 2.94 bits per heavy atom. The van der Waals surface area contributed by atoms with Crippen LogP contribution in [-0.4, -0.2) is 73.3 Å². The molecule has 1 aromatic carbocycles. The molecule has 0 saturated heterocycles. The highest BCUT2D eigenvalue weighted by molar-refractivity contribution is 5.92. The highest BCUT2D eigenvalue weighted by Gasteiger charge is 2.13. The largest absolute Gasteiger partial charge is 0.490 e. The van der Waals surface area contributed by atoms with Crippen molar-refractivity contribution in [3.8, 4) is 11.8 Å². The first-order valence-corrected chi connectivity index (χ1v) is 9.56. The maximum atomic E-state index is 11.5. The second-order valence-electron chi connectivity index (χ2n) is 6.63. The third-order valence-corrected chi connectivity index (χ3v) is 4.10. The number of nitriles is 1. The van der Waals surface area contributed by atoms with E-state index in [0.29, 0.717) is 29.8 Å². The summed E-state index contributed by atoms with van der Waals surface area (Å²) in [5, 5.41) is 34.6. The van der Waals surface area contributed by atoms with Gasteiger partial charge in [-0.2, -0.15) is 5.26 Å². The fourth-order valence-electron chi connectivity index (χ4n) is 2.76. The summed E-state index contributed by atoms with van der Waals surface area (Å²) in [5.41, 5.74) is 2.23. The standard InChI is InChI=1S/C19H25N5O7/c1-13-6-16-19(14(8-20)9-23-16)17(7-13)30-11-15(25)10-21-2-3-22-18(26)12-29-4-5-31-24(27)28/h6-7,9,15,21,23,25H,2-5,10-12H2,1H3,(H,22,26). The molecule has 1 atom stereocenters. The summed E-state index contributed by atoms with van der Waals surface area (Å²) in [6.45, 7) is 2.39. The highest BCUT2D eigenvalue weighted by Crippen LogP contribution is 2.30. The molecule has 0 radical (unpaired) electrons. The van der Waals surface area contributed by atoms with Crippen molar-refractivity contribution in [2.75, 3.05) is 46.1 Å². The summed E-state index contributed by atoms with van der Waals surface area (Å²) in [6.07, 6.45) is 0.829. The molecular formula is C19H25N5O7. The van der Waals surface area contributed by atoms with Crippen LogP contribution in [0.4, 0.5) is 0 Å². The lowest BCUT2D eigenvalue weighted by molar-refractivity contribution is -0.758. The molecule has 168 valence electrons. The number of amides is 1. The monoisotopic (exact) mass is 435 g/mol. The lowest BCUT2D eigenvalue weighted by Crippen LogP contribution is -2.38. The molecule has 0 aliphatic rings. The van der Waals surface area contributed by atoms with Crippen molar-refractivity contribution in [1.82, 2.24) is 15.6 Å². The van der Waals surface area contributed by atoms with Crippen molar-refractivity contribution >= 4 is 16.8 Å². The molecule has 4 N–H and O–H groups in total. The average Bonchev–Trinajstić information content (AvgIpc) is 3.14. The zero-order valence-corrected chi connectivity index (χ0v) is 17.1. The number of carbonyl (C=O) groups is 1. The van der Waals surface area contributed by atoms with Crippen LogP contribution in [-0.2, 0) is 14.4 Å². The van der Waals surface area contributed by atoms with Crippen LogP contribution in [0.2, 0.25) is 0 Å². The van der Waals surface area contributed by atoms with Gasteiger partial charge < -0.3 is 35.0 Å². The molecule has 12 heteroatoms. The van der Waals surface area contributed by atoms with Gasteiger partial charge in [0, 0.05) is 25.8 Å². The number of fused-ring (bicyclic) bond motifs is 1. The van der Waals surface area contributed by atoms with E-state index in [2.05, 4.69) is 26.5 Å². The van der Waals surface area contributed by atoms with Crippen LogP contribution in [0.3, 0.4) is 0 Å². The lowest BCUT2D eigenvalue weighted by Gasteiger charge is -2.15. The van der Waals surface area contributed by atoms with Crippen molar-refractivity contribution in [2.45, 2.75) is 13.0 Å². The normalized spacial score (nSPS) is 11.6. The summed E-state index contributed by atoms with van der Waals surface area (Å²) in [7, 11) is 0. The molecule has 0 spiro atoms. The zero-order valence-electron chi connectivity index (χ0n) is 17.1. The second-order valence-corrected chi connectivity index (χ2v) is 6.63. The zero-order chi connectivity index (χ0) is 22.6. The Bertz CT molecular complexity index is 924. The number of carbonyl (C=O) groups excluding carboxylic acids is 1. The van der Waals surface area contributed by atoms with E-state index in [9.17, 15) is 25.3 Å². The predicted molar refractivity (Wildman–Crippen MR) is 109 cm³/mol. The maximum Gasteiger partial charge on any atom is 0.294 e. The number of aromatic amines is 1. The molecule has 31 heavy (non-hydrogen) atoms. The van der Waals surface area contributed by atoms with Gasteiger partial charge in [0.15, 0.2) is 0 Å². The first-order valence-electron chi connectivity index (χ1n) is 9.56. The van der Waals surface area contributed by atoms with E-state index in [-0.39, 0.29) is 38.9 Å². The number of hydrogen-bond acceptors (Lipinski definition) is 9. The Balaban J connectivity index is 1.62. The second kappa shape index (κ2) is 12.3. The Kier molecular flexibility index (Phi) is 9.50. The Morgan fingerprint density at radius 2 is 2.19 bits per heavy atom. The smallest absolute Gasteiger partial charge is 0.294 e. The molecule has 12 nitrogen and oxygen atoms in total. The van der Waals surface area contributed by atoms with Gasteiger partial charge in [-0.05, 0) is 24.6 Å². The van der Waals surface area contributed by atoms with Crippen molar-refractivity contribution < 1.29 is 29.3 Å². The fourth-order valence-corrected chi connectivity index (χ4v) is 2.76. The molecule has 0 aliphatic heterocycles. The summed E-state index contributed by atoms with van der Waals surface area (Å²) in [4.78, 5) is 28.6. The van der Waals surface area contributed by atoms with Gasteiger partial charge in [0.05, 0.1) is 23.1 Å². The number of aryl methyl sites for hydroxylation is 1. The summed E-state index contributed by atoms with van der Waals surface area (Å²) >= 11 is 0. The van der Waals surface area contributed by atoms with Crippen LogP contribution in [0.25, 0.3) is 10.9 Å². The minimum Gasteiger partial charge on any atom is -0.490 e. The molecule has 1 amide bonds. The quantitative estimate of drug-likeness (QED) is 0.181. The van der Waals surface area contributed by atoms with Crippen LogP contribution in [0.1, 0.15) is 11.1 Å². The third kappa shape index (κ3) is 8.09. The van der Waals surface area contributed by atoms with E-state index in [1.54, 1.807) is 6.20 Å². The van der Waals surface area contributed by atoms with Crippen molar-refractivity contribution in [1.29, 1.82) is 5.26 Å². The Labute approximate surface area is 178 Å². The number of H-pyrrole nitrogens is 1. The van der Waals surface area contributed by atoms with E-state index in [4.69, 9.17) is 9.47 Å². The van der Waals surface area contributed by atoms with Crippen molar-refractivity contribution in [3.05, 3.63) is 39.6 Å². The number of nitrogens with zero attached hydrogens (tertiary/aromatic N) is 2. The molecule has 0 bridgehead atoms. The number of hydrogen-bond donors (Lipinski definition) is 4. The van der Waals surface area contributed by atoms with Gasteiger partial charge >= 0.3 is 0 Å². The molecule has 0 fully saturated rings. The van der Waals surface area contributed by atoms with Gasteiger partial charge in [0.1, 0.15) is 37.7 Å². The molecule has 2 aromatic rings. The van der Waals surface area contributed by atoms with Gasteiger partial charge in [0.25, 0.3) is 5.09 Å². The summed E-state index contributed by atoms with van der Waals surface area (Å²) in [5.74, 6) is 0.165. The molecule has 1 aromatic heterocycles. The minimum atomic E-state index is -0.931. The molecular weight excluding hydrogens is 410 g/mol. The summed E-state index contributed by atoms with van der Waals surface area (Å²) < 4.78 is 10.7. The number of nitrogens with one attached hydrogen (secondary N) is 3. The molecule has 0 aliphatic carbocycles. The van der Waals surface area contributed by atoms with Crippen molar-refractivity contribution in [2.24, 2.45) is 0 Å².